The zero-order valence-electron chi connectivity index (χ0n) is 10.1. The van der Waals surface area contributed by atoms with Crippen LogP contribution in [0.3, 0.4) is 0 Å². The fraction of sp³-hybridized carbons (Fsp3) is 0.500. The molecule has 3 rings (SSSR count). The molecule has 0 radical (unpaired) electrons. The van der Waals surface area contributed by atoms with Crippen LogP contribution in [-0.4, -0.2) is 30.6 Å². The molecule has 2 unspecified atom stereocenters. The number of hydrogen-bond donors (Lipinski definition) is 0. The third kappa shape index (κ3) is 2.06. The summed E-state index contributed by atoms with van der Waals surface area (Å²) in [6.07, 6.45) is 1.83. The number of ether oxygens (including phenoxy) is 1. The maximum Gasteiger partial charge on any atom is 0.126 e. The number of benzene rings is 1. The van der Waals surface area contributed by atoms with Crippen molar-refractivity contribution < 1.29 is 9.13 Å². The van der Waals surface area contributed by atoms with Crippen LogP contribution in [0.2, 0.25) is 0 Å². The third-order valence-electron chi connectivity index (χ3n) is 3.83. The second-order valence-corrected chi connectivity index (χ2v) is 5.03. The summed E-state index contributed by atoms with van der Waals surface area (Å²) in [7, 11) is 0. The summed E-state index contributed by atoms with van der Waals surface area (Å²) in [5.74, 6) is 0.569. The van der Waals surface area contributed by atoms with Crippen LogP contribution in [0.15, 0.2) is 18.2 Å². The first-order valence-electron chi connectivity index (χ1n) is 6.31. The van der Waals surface area contributed by atoms with E-state index in [1.54, 1.807) is 6.07 Å². The summed E-state index contributed by atoms with van der Waals surface area (Å²) in [4.78, 5) is 2.32. The lowest BCUT2D eigenvalue weighted by molar-refractivity contribution is 0.140. The van der Waals surface area contributed by atoms with Crippen molar-refractivity contribution in [1.82, 2.24) is 4.90 Å². The van der Waals surface area contributed by atoms with E-state index in [0.29, 0.717) is 18.4 Å². The predicted molar refractivity (Wildman–Crippen MR) is 64.7 cm³/mol. The first-order chi connectivity index (χ1) is 8.76. The van der Waals surface area contributed by atoms with Gasteiger partial charge in [-0.3, -0.25) is 4.90 Å². The SMILES string of the molecule is N#CC1CCN(C2COc3cc(F)ccc3C2)C1. The molecule has 0 saturated carbocycles. The molecule has 2 heterocycles. The van der Waals surface area contributed by atoms with Gasteiger partial charge in [-0.2, -0.15) is 5.26 Å². The van der Waals surface area contributed by atoms with Crippen LogP contribution in [0.5, 0.6) is 5.75 Å². The van der Waals surface area contributed by atoms with E-state index in [2.05, 4.69) is 11.0 Å². The Balaban J connectivity index is 1.72. The lowest BCUT2D eigenvalue weighted by Gasteiger charge is -2.32. The molecule has 18 heavy (non-hydrogen) atoms. The smallest absolute Gasteiger partial charge is 0.126 e. The van der Waals surface area contributed by atoms with Gasteiger partial charge in [-0.15, -0.1) is 0 Å². The van der Waals surface area contributed by atoms with E-state index in [9.17, 15) is 4.39 Å². The van der Waals surface area contributed by atoms with Crippen molar-refractivity contribution in [3.05, 3.63) is 29.6 Å². The maximum absolute atomic E-state index is 13.1. The van der Waals surface area contributed by atoms with Gasteiger partial charge in [-0.05, 0) is 31.0 Å². The van der Waals surface area contributed by atoms with Gasteiger partial charge in [-0.25, -0.2) is 4.39 Å². The zero-order chi connectivity index (χ0) is 12.5. The molecule has 3 nitrogen and oxygen atoms in total. The molecule has 0 aromatic heterocycles. The molecule has 0 amide bonds. The van der Waals surface area contributed by atoms with Gasteiger partial charge in [0.25, 0.3) is 0 Å². The predicted octanol–water partition coefficient (Wildman–Crippen LogP) is 1.97. The number of fused-ring (bicyclic) bond motifs is 1. The molecule has 1 saturated heterocycles. The van der Waals surface area contributed by atoms with Gasteiger partial charge in [0.15, 0.2) is 0 Å². The van der Waals surface area contributed by atoms with Gasteiger partial charge in [-0.1, -0.05) is 6.07 Å². The van der Waals surface area contributed by atoms with Crippen molar-refractivity contribution in [3.8, 4) is 11.8 Å². The second-order valence-electron chi connectivity index (χ2n) is 5.03. The molecule has 94 valence electrons. The van der Waals surface area contributed by atoms with E-state index < -0.39 is 0 Å². The van der Waals surface area contributed by atoms with Crippen LogP contribution in [-0.2, 0) is 6.42 Å². The Hall–Kier alpha value is -1.60. The largest absolute Gasteiger partial charge is 0.492 e. The molecule has 1 aromatic rings. The standard InChI is InChI=1S/C14H15FN2O/c15-12-2-1-11-5-13(9-18-14(11)6-12)17-4-3-10(7-16)8-17/h1-2,6,10,13H,3-5,8-9H2. The van der Waals surface area contributed by atoms with Crippen molar-refractivity contribution in [1.29, 1.82) is 5.26 Å². The highest BCUT2D eigenvalue weighted by molar-refractivity contribution is 5.36. The highest BCUT2D eigenvalue weighted by Crippen LogP contribution is 2.29. The van der Waals surface area contributed by atoms with Crippen LogP contribution in [0.25, 0.3) is 0 Å². The van der Waals surface area contributed by atoms with E-state index >= 15 is 0 Å². The topological polar surface area (TPSA) is 36.3 Å². The average Bonchev–Trinajstić information content (AvgIpc) is 2.87. The fourth-order valence-corrected chi connectivity index (χ4v) is 2.79. The van der Waals surface area contributed by atoms with Crippen molar-refractivity contribution in [2.45, 2.75) is 18.9 Å². The Morgan fingerprint density at radius 1 is 1.44 bits per heavy atom. The van der Waals surface area contributed by atoms with Crippen LogP contribution in [0.4, 0.5) is 4.39 Å². The van der Waals surface area contributed by atoms with E-state index in [4.69, 9.17) is 10.00 Å². The second kappa shape index (κ2) is 4.58. The van der Waals surface area contributed by atoms with Crippen molar-refractivity contribution in [2.75, 3.05) is 19.7 Å². The zero-order valence-corrected chi connectivity index (χ0v) is 10.1. The van der Waals surface area contributed by atoms with Gasteiger partial charge >= 0.3 is 0 Å². The Morgan fingerprint density at radius 3 is 3.11 bits per heavy atom. The molecule has 1 fully saturated rings. The molecule has 2 aliphatic heterocycles. The van der Waals surface area contributed by atoms with E-state index in [1.807, 2.05) is 0 Å². The van der Waals surface area contributed by atoms with Crippen LogP contribution in [0.1, 0.15) is 12.0 Å². The van der Waals surface area contributed by atoms with E-state index in [0.717, 1.165) is 31.5 Å². The maximum atomic E-state index is 13.1. The normalized spacial score (nSPS) is 27.3. The Morgan fingerprint density at radius 2 is 2.33 bits per heavy atom. The number of nitriles is 1. The Bertz CT molecular complexity index is 497. The minimum atomic E-state index is -0.252. The minimum Gasteiger partial charge on any atom is -0.492 e. The minimum absolute atomic E-state index is 0.152. The molecule has 2 atom stereocenters. The molecular weight excluding hydrogens is 231 g/mol. The molecule has 2 aliphatic rings. The molecule has 4 heteroatoms. The number of likely N-dealkylation sites (tertiary alicyclic amines) is 1. The number of halogens is 1. The first kappa shape index (κ1) is 11.5. The van der Waals surface area contributed by atoms with Crippen molar-refractivity contribution in [3.63, 3.8) is 0 Å². The summed E-state index contributed by atoms with van der Waals surface area (Å²) < 4.78 is 18.7. The molecule has 0 spiro atoms. The number of nitrogens with zero attached hydrogens (tertiary/aromatic N) is 2. The number of hydrogen-bond acceptors (Lipinski definition) is 3. The quantitative estimate of drug-likeness (QED) is 0.760. The fourth-order valence-electron chi connectivity index (χ4n) is 2.79. The first-order valence-corrected chi connectivity index (χ1v) is 6.31. The lowest BCUT2D eigenvalue weighted by atomic mass is 10.0. The summed E-state index contributed by atoms with van der Waals surface area (Å²) in [6, 6.07) is 7.38. The molecule has 0 aliphatic carbocycles. The van der Waals surface area contributed by atoms with Gasteiger partial charge in [0.2, 0.25) is 0 Å². The summed E-state index contributed by atoms with van der Waals surface area (Å²) in [5, 5.41) is 8.92. The highest BCUT2D eigenvalue weighted by atomic mass is 19.1. The Labute approximate surface area is 106 Å². The van der Waals surface area contributed by atoms with Crippen molar-refractivity contribution >= 4 is 0 Å². The van der Waals surface area contributed by atoms with Gasteiger partial charge in [0, 0.05) is 18.7 Å². The Kier molecular flexibility index (Phi) is 2.92. The monoisotopic (exact) mass is 246 g/mol. The molecule has 1 aromatic carbocycles. The molecular formula is C14H15FN2O. The van der Waals surface area contributed by atoms with E-state index in [-0.39, 0.29) is 11.7 Å². The molecule has 0 bridgehead atoms. The van der Waals surface area contributed by atoms with Crippen molar-refractivity contribution in [2.24, 2.45) is 5.92 Å². The highest BCUT2D eigenvalue weighted by Gasteiger charge is 2.31. The van der Waals surface area contributed by atoms with Crippen LogP contribution >= 0.6 is 0 Å². The average molecular weight is 246 g/mol. The summed E-state index contributed by atoms with van der Waals surface area (Å²) in [5.41, 5.74) is 1.06. The number of rotatable bonds is 1. The summed E-state index contributed by atoms with van der Waals surface area (Å²) in [6.45, 7) is 2.39. The van der Waals surface area contributed by atoms with Crippen LogP contribution < -0.4 is 4.74 Å². The van der Waals surface area contributed by atoms with Gasteiger partial charge in [0.05, 0.1) is 12.0 Å². The van der Waals surface area contributed by atoms with Crippen LogP contribution in [0, 0.1) is 23.1 Å². The van der Waals surface area contributed by atoms with E-state index in [1.165, 1.54) is 12.1 Å². The molecule has 0 N–H and O–H groups in total. The third-order valence-corrected chi connectivity index (χ3v) is 3.83. The van der Waals surface area contributed by atoms with Gasteiger partial charge in [0.1, 0.15) is 18.2 Å². The summed E-state index contributed by atoms with van der Waals surface area (Å²) >= 11 is 0. The van der Waals surface area contributed by atoms with Gasteiger partial charge < -0.3 is 4.74 Å². The lowest BCUT2D eigenvalue weighted by Crippen LogP contribution is -2.41.